The molecule has 2 aromatic carbocycles. The second-order valence-electron chi connectivity index (χ2n) is 6.67. The van der Waals surface area contributed by atoms with Gasteiger partial charge in [0, 0.05) is 48.6 Å². The van der Waals surface area contributed by atoms with E-state index in [9.17, 15) is 9.90 Å². The third kappa shape index (κ3) is 5.79. The lowest BCUT2D eigenvalue weighted by atomic mass is 9.87. The van der Waals surface area contributed by atoms with E-state index in [1.165, 1.54) is 0 Å². The number of phenolic OH excluding ortho intramolecular Hbond substituents is 1. The molecule has 27 heavy (non-hydrogen) atoms. The molecule has 1 heterocycles. The van der Waals surface area contributed by atoms with Gasteiger partial charge >= 0.3 is 0 Å². The second kappa shape index (κ2) is 9.88. The summed E-state index contributed by atoms with van der Waals surface area (Å²) in [4.78, 5) is 14.9. The lowest BCUT2D eigenvalue weighted by Gasteiger charge is -2.26. The molecule has 0 bridgehead atoms. The number of halogens is 1. The van der Waals surface area contributed by atoms with Crippen LogP contribution in [0.3, 0.4) is 0 Å². The summed E-state index contributed by atoms with van der Waals surface area (Å²) in [7, 11) is 0. The lowest BCUT2D eigenvalue weighted by molar-refractivity contribution is -0.121. The Kier molecular flexibility index (Phi) is 7.26. The Labute approximate surface area is 168 Å². The highest BCUT2D eigenvalue weighted by Gasteiger charge is 2.21. The van der Waals surface area contributed by atoms with E-state index in [1.54, 1.807) is 12.1 Å². The number of carbonyl (C=O) groups is 1. The number of amides is 1. The molecule has 0 unspecified atom stereocenters. The van der Waals surface area contributed by atoms with Crippen LogP contribution in [0.5, 0.6) is 5.75 Å². The Bertz CT molecular complexity index is 748. The molecule has 1 fully saturated rings. The van der Waals surface area contributed by atoms with Crippen molar-refractivity contribution in [1.29, 1.82) is 0 Å². The first-order valence-electron chi connectivity index (χ1n) is 9.23. The summed E-state index contributed by atoms with van der Waals surface area (Å²) < 4.78 is 6.22. The number of ether oxygens (including phenoxy) is 1. The SMILES string of the molecule is O=C(C[C@@H](c1ccccc1)c1cc(Br)ccc1O)NCCN1CCOCC1. The Morgan fingerprint density at radius 1 is 1.19 bits per heavy atom. The monoisotopic (exact) mass is 432 g/mol. The Balaban J connectivity index is 1.66. The van der Waals surface area contributed by atoms with E-state index in [2.05, 4.69) is 26.1 Å². The fourth-order valence-electron chi connectivity index (χ4n) is 3.33. The maximum atomic E-state index is 12.6. The van der Waals surface area contributed by atoms with Crippen molar-refractivity contribution in [2.24, 2.45) is 0 Å². The van der Waals surface area contributed by atoms with E-state index in [0.29, 0.717) is 6.54 Å². The van der Waals surface area contributed by atoms with Crippen LogP contribution < -0.4 is 5.32 Å². The molecule has 1 saturated heterocycles. The molecule has 1 atom stereocenters. The van der Waals surface area contributed by atoms with E-state index >= 15 is 0 Å². The molecule has 2 N–H and O–H groups in total. The molecule has 1 aliphatic heterocycles. The van der Waals surface area contributed by atoms with Crippen molar-refractivity contribution in [3.8, 4) is 5.75 Å². The normalized spacial score (nSPS) is 16.0. The maximum absolute atomic E-state index is 12.6. The van der Waals surface area contributed by atoms with Crippen molar-refractivity contribution in [3.63, 3.8) is 0 Å². The summed E-state index contributed by atoms with van der Waals surface area (Å²) in [6.45, 7) is 4.78. The number of phenols is 1. The van der Waals surface area contributed by atoms with Crippen molar-refractivity contribution in [2.75, 3.05) is 39.4 Å². The zero-order chi connectivity index (χ0) is 19.1. The second-order valence-corrected chi connectivity index (χ2v) is 7.59. The number of aromatic hydroxyl groups is 1. The highest BCUT2D eigenvalue weighted by molar-refractivity contribution is 9.10. The predicted octanol–water partition coefficient (Wildman–Crippen LogP) is 3.13. The quantitative estimate of drug-likeness (QED) is 0.705. The molecule has 0 saturated carbocycles. The van der Waals surface area contributed by atoms with E-state index in [-0.39, 0.29) is 24.0 Å². The summed E-state index contributed by atoms with van der Waals surface area (Å²) in [5, 5.41) is 13.4. The van der Waals surface area contributed by atoms with Crippen LogP contribution in [0.4, 0.5) is 0 Å². The van der Waals surface area contributed by atoms with Crippen molar-refractivity contribution < 1.29 is 14.6 Å². The van der Waals surface area contributed by atoms with Crippen LogP contribution in [-0.2, 0) is 9.53 Å². The smallest absolute Gasteiger partial charge is 0.220 e. The van der Waals surface area contributed by atoms with Crippen molar-refractivity contribution in [2.45, 2.75) is 12.3 Å². The molecule has 1 aliphatic rings. The van der Waals surface area contributed by atoms with Crippen molar-refractivity contribution in [1.82, 2.24) is 10.2 Å². The Morgan fingerprint density at radius 3 is 2.67 bits per heavy atom. The standard InChI is InChI=1S/C21H25BrN2O3/c22-17-6-7-20(25)19(14-17)18(16-4-2-1-3-5-16)15-21(26)23-8-9-24-10-12-27-13-11-24/h1-7,14,18,25H,8-13,15H2,(H,23,26)/t18-/m0/s1. The molecule has 2 aromatic rings. The van der Waals surface area contributed by atoms with Gasteiger partial charge in [-0.3, -0.25) is 9.69 Å². The number of nitrogens with zero attached hydrogens (tertiary/aromatic N) is 1. The minimum Gasteiger partial charge on any atom is -0.508 e. The first-order valence-corrected chi connectivity index (χ1v) is 10.0. The molecule has 3 rings (SSSR count). The van der Waals surface area contributed by atoms with Crippen LogP contribution >= 0.6 is 15.9 Å². The largest absolute Gasteiger partial charge is 0.508 e. The molecule has 1 amide bonds. The zero-order valence-corrected chi connectivity index (χ0v) is 16.8. The zero-order valence-electron chi connectivity index (χ0n) is 15.2. The predicted molar refractivity (Wildman–Crippen MR) is 109 cm³/mol. The molecule has 5 nitrogen and oxygen atoms in total. The summed E-state index contributed by atoms with van der Waals surface area (Å²) in [5.74, 6) is -0.0169. The number of hydrogen-bond donors (Lipinski definition) is 2. The molecule has 144 valence electrons. The van der Waals surface area contributed by atoms with Crippen LogP contribution in [0, 0.1) is 0 Å². The van der Waals surface area contributed by atoms with Crippen LogP contribution in [0.1, 0.15) is 23.5 Å². The van der Waals surface area contributed by atoms with E-state index < -0.39 is 0 Å². The average molecular weight is 433 g/mol. The third-order valence-electron chi connectivity index (χ3n) is 4.81. The van der Waals surface area contributed by atoms with Gasteiger partial charge in [0.05, 0.1) is 13.2 Å². The minimum atomic E-state index is -0.202. The summed E-state index contributed by atoms with van der Waals surface area (Å²) in [6.07, 6.45) is 0.289. The van der Waals surface area contributed by atoms with Gasteiger partial charge in [-0.15, -0.1) is 0 Å². The summed E-state index contributed by atoms with van der Waals surface area (Å²) in [6, 6.07) is 15.2. The fourth-order valence-corrected chi connectivity index (χ4v) is 3.71. The number of rotatable bonds is 7. The van der Waals surface area contributed by atoms with Gasteiger partial charge in [-0.2, -0.15) is 0 Å². The highest BCUT2D eigenvalue weighted by atomic mass is 79.9. The average Bonchev–Trinajstić information content (AvgIpc) is 2.70. The molecule has 0 aromatic heterocycles. The number of benzene rings is 2. The van der Waals surface area contributed by atoms with Gasteiger partial charge in [-0.1, -0.05) is 46.3 Å². The molecule has 0 radical (unpaired) electrons. The number of nitrogens with one attached hydrogen (secondary N) is 1. The van der Waals surface area contributed by atoms with Crippen molar-refractivity contribution >= 4 is 21.8 Å². The Morgan fingerprint density at radius 2 is 1.93 bits per heavy atom. The topological polar surface area (TPSA) is 61.8 Å². The lowest BCUT2D eigenvalue weighted by Crippen LogP contribution is -2.41. The van der Waals surface area contributed by atoms with E-state index in [0.717, 1.165) is 48.4 Å². The Hall–Kier alpha value is -1.89. The summed E-state index contributed by atoms with van der Waals surface area (Å²) >= 11 is 3.46. The van der Waals surface area contributed by atoms with Gasteiger partial charge in [0.25, 0.3) is 0 Å². The fraction of sp³-hybridized carbons (Fsp3) is 0.381. The molecule has 0 aliphatic carbocycles. The molecule has 0 spiro atoms. The first-order chi connectivity index (χ1) is 13.1. The van der Waals surface area contributed by atoms with Crippen LogP contribution in [0.2, 0.25) is 0 Å². The molecular formula is C21H25BrN2O3. The molecular weight excluding hydrogens is 408 g/mol. The van der Waals surface area contributed by atoms with Crippen LogP contribution in [0.25, 0.3) is 0 Å². The van der Waals surface area contributed by atoms with Gasteiger partial charge in [0.2, 0.25) is 5.91 Å². The number of morpholine rings is 1. The van der Waals surface area contributed by atoms with Crippen LogP contribution in [-0.4, -0.2) is 55.3 Å². The summed E-state index contributed by atoms with van der Waals surface area (Å²) in [5.41, 5.74) is 1.76. The number of hydrogen-bond acceptors (Lipinski definition) is 4. The van der Waals surface area contributed by atoms with Crippen molar-refractivity contribution in [3.05, 3.63) is 64.1 Å². The number of carbonyl (C=O) groups excluding carboxylic acids is 1. The van der Waals surface area contributed by atoms with Crippen LogP contribution in [0.15, 0.2) is 53.0 Å². The first kappa shape index (κ1) is 19.9. The van der Waals surface area contributed by atoms with E-state index in [4.69, 9.17) is 4.74 Å². The maximum Gasteiger partial charge on any atom is 0.220 e. The third-order valence-corrected chi connectivity index (χ3v) is 5.30. The van der Waals surface area contributed by atoms with Gasteiger partial charge in [0.1, 0.15) is 5.75 Å². The molecule has 6 heteroatoms. The van der Waals surface area contributed by atoms with Gasteiger partial charge in [-0.25, -0.2) is 0 Å². The van der Waals surface area contributed by atoms with Gasteiger partial charge < -0.3 is 15.2 Å². The highest BCUT2D eigenvalue weighted by Crippen LogP contribution is 2.35. The van der Waals surface area contributed by atoms with Gasteiger partial charge in [-0.05, 0) is 23.8 Å². The van der Waals surface area contributed by atoms with E-state index in [1.807, 2.05) is 36.4 Å². The van der Waals surface area contributed by atoms with Gasteiger partial charge in [0.15, 0.2) is 0 Å². The minimum absolute atomic E-state index is 0.0171.